The van der Waals surface area contributed by atoms with Gasteiger partial charge in [0.05, 0.1) is 5.69 Å². The third-order valence-corrected chi connectivity index (χ3v) is 2.30. The smallest absolute Gasteiger partial charge is 0.150 e. The van der Waals surface area contributed by atoms with Crippen LogP contribution in [0, 0.1) is 6.92 Å². The Morgan fingerprint density at radius 2 is 2.25 bits per heavy atom. The number of hydrogen-bond acceptors (Lipinski definition) is 2. The van der Waals surface area contributed by atoms with Crippen molar-refractivity contribution in [3.63, 3.8) is 0 Å². The molecule has 0 unspecified atom stereocenters. The first-order valence-corrected chi connectivity index (χ1v) is 4.37. The van der Waals surface area contributed by atoms with Gasteiger partial charge in [0, 0.05) is 20.0 Å². The van der Waals surface area contributed by atoms with Crippen molar-refractivity contribution in [2.45, 2.75) is 13.3 Å². The van der Waals surface area contributed by atoms with Gasteiger partial charge in [0.25, 0.3) is 0 Å². The van der Waals surface area contributed by atoms with E-state index < -0.39 is 0 Å². The van der Waals surface area contributed by atoms with Gasteiger partial charge in [0.2, 0.25) is 0 Å². The second-order valence-corrected chi connectivity index (χ2v) is 3.17. The molecule has 0 aliphatic rings. The third kappa shape index (κ3) is 1.79. The predicted octanol–water partition coefficient (Wildman–Crippen LogP) is 1.14. The third-order valence-electron chi connectivity index (χ3n) is 2.00. The van der Waals surface area contributed by atoms with E-state index >= 15 is 0 Å². The summed E-state index contributed by atoms with van der Waals surface area (Å²) in [4.78, 5) is 4.16. The fraction of sp³-hybridized carbons (Fsp3) is 0.625. The number of likely N-dealkylation sites (N-methyl/N-ethyl adjacent to an activating group) is 1. The molecular weight excluding hydrogens is 174 g/mol. The number of rotatable bonds is 3. The Bertz CT molecular complexity index is 268. The highest BCUT2D eigenvalue weighted by Crippen LogP contribution is 2.15. The Balaban J connectivity index is 2.82. The molecule has 0 aliphatic heterocycles. The fourth-order valence-electron chi connectivity index (χ4n) is 1.13. The van der Waals surface area contributed by atoms with Gasteiger partial charge in [-0.3, -0.25) is 0 Å². The molecule has 1 aromatic heterocycles. The summed E-state index contributed by atoms with van der Waals surface area (Å²) in [5.74, 6) is 0.964. The molecule has 1 heterocycles. The summed E-state index contributed by atoms with van der Waals surface area (Å²) in [5.41, 5.74) is 1.10. The topological polar surface area (TPSA) is 29.9 Å². The van der Waals surface area contributed by atoms with E-state index in [4.69, 9.17) is 11.6 Å². The first-order valence-electron chi connectivity index (χ1n) is 3.99. The lowest BCUT2D eigenvalue weighted by Crippen LogP contribution is -2.12. The summed E-state index contributed by atoms with van der Waals surface area (Å²) in [5, 5.41) is 3.71. The zero-order chi connectivity index (χ0) is 9.14. The summed E-state index contributed by atoms with van der Waals surface area (Å²) in [7, 11) is 3.91. The Morgan fingerprint density at radius 3 is 2.67 bits per heavy atom. The van der Waals surface area contributed by atoms with Gasteiger partial charge < -0.3 is 9.88 Å². The molecule has 0 aromatic carbocycles. The van der Waals surface area contributed by atoms with Crippen LogP contribution in [0.3, 0.4) is 0 Å². The number of aromatic nitrogens is 2. The zero-order valence-electron chi connectivity index (χ0n) is 7.69. The van der Waals surface area contributed by atoms with Crippen LogP contribution >= 0.6 is 11.6 Å². The number of imidazole rings is 1. The first-order chi connectivity index (χ1) is 5.66. The van der Waals surface area contributed by atoms with Crippen LogP contribution in [0.4, 0.5) is 0 Å². The SMILES string of the molecule is CNCCc1c(Cl)nc(C)n1C. The molecule has 0 aliphatic carbocycles. The molecule has 4 heteroatoms. The minimum Gasteiger partial charge on any atom is -0.334 e. The molecule has 1 rings (SSSR count). The average Bonchev–Trinajstić information content (AvgIpc) is 2.25. The van der Waals surface area contributed by atoms with Crippen LogP contribution in [0.25, 0.3) is 0 Å². The van der Waals surface area contributed by atoms with Gasteiger partial charge in [-0.05, 0) is 14.0 Å². The van der Waals surface area contributed by atoms with Crippen LogP contribution in [0.2, 0.25) is 5.15 Å². The molecule has 68 valence electrons. The van der Waals surface area contributed by atoms with E-state index in [-0.39, 0.29) is 0 Å². The average molecular weight is 188 g/mol. The van der Waals surface area contributed by atoms with Crippen molar-refractivity contribution < 1.29 is 0 Å². The molecule has 0 fully saturated rings. The number of nitrogens with one attached hydrogen (secondary N) is 1. The highest BCUT2D eigenvalue weighted by atomic mass is 35.5. The Labute approximate surface area is 77.7 Å². The summed E-state index contributed by atoms with van der Waals surface area (Å²) in [6.07, 6.45) is 0.923. The molecular formula is C8H14ClN3. The second kappa shape index (κ2) is 3.92. The Hall–Kier alpha value is -0.540. The van der Waals surface area contributed by atoms with Crippen LogP contribution < -0.4 is 5.32 Å². The van der Waals surface area contributed by atoms with Gasteiger partial charge in [0.1, 0.15) is 5.82 Å². The van der Waals surface area contributed by atoms with Crippen molar-refractivity contribution in [1.29, 1.82) is 0 Å². The largest absolute Gasteiger partial charge is 0.334 e. The van der Waals surface area contributed by atoms with Crippen LogP contribution in [-0.2, 0) is 13.5 Å². The molecule has 0 radical (unpaired) electrons. The fourth-order valence-corrected chi connectivity index (χ4v) is 1.47. The molecule has 0 spiro atoms. The van der Waals surface area contributed by atoms with Gasteiger partial charge in [-0.2, -0.15) is 0 Å². The molecule has 12 heavy (non-hydrogen) atoms. The Morgan fingerprint density at radius 1 is 1.58 bits per heavy atom. The van der Waals surface area contributed by atoms with E-state index in [9.17, 15) is 0 Å². The number of aryl methyl sites for hydroxylation is 1. The lowest BCUT2D eigenvalue weighted by molar-refractivity contribution is 0.726. The summed E-state index contributed by atoms with van der Waals surface area (Å²) in [6, 6.07) is 0. The maximum atomic E-state index is 5.93. The highest BCUT2D eigenvalue weighted by Gasteiger charge is 2.08. The van der Waals surface area contributed by atoms with Gasteiger partial charge in [-0.25, -0.2) is 4.98 Å². The van der Waals surface area contributed by atoms with Crippen molar-refractivity contribution in [2.75, 3.05) is 13.6 Å². The van der Waals surface area contributed by atoms with Crippen molar-refractivity contribution in [3.05, 3.63) is 16.7 Å². The van der Waals surface area contributed by atoms with E-state index in [0.717, 1.165) is 24.5 Å². The lowest BCUT2D eigenvalue weighted by atomic mass is 10.3. The molecule has 0 amide bonds. The van der Waals surface area contributed by atoms with Crippen LogP contribution in [0.15, 0.2) is 0 Å². The number of hydrogen-bond donors (Lipinski definition) is 1. The Kier molecular flexibility index (Phi) is 3.12. The highest BCUT2D eigenvalue weighted by molar-refractivity contribution is 6.30. The van der Waals surface area contributed by atoms with Crippen molar-refractivity contribution in [2.24, 2.45) is 7.05 Å². The van der Waals surface area contributed by atoms with Crippen LogP contribution in [0.5, 0.6) is 0 Å². The van der Waals surface area contributed by atoms with Gasteiger partial charge in [0.15, 0.2) is 5.15 Å². The molecule has 0 atom stereocenters. The first kappa shape index (κ1) is 9.55. The number of nitrogens with zero attached hydrogens (tertiary/aromatic N) is 2. The van der Waals surface area contributed by atoms with Crippen molar-refractivity contribution >= 4 is 11.6 Å². The maximum Gasteiger partial charge on any atom is 0.150 e. The summed E-state index contributed by atoms with van der Waals surface area (Å²) < 4.78 is 2.03. The second-order valence-electron chi connectivity index (χ2n) is 2.81. The predicted molar refractivity (Wildman–Crippen MR) is 50.6 cm³/mol. The van der Waals surface area contributed by atoms with Gasteiger partial charge in [-0.15, -0.1) is 0 Å². The van der Waals surface area contributed by atoms with E-state index in [1.54, 1.807) is 0 Å². The summed E-state index contributed by atoms with van der Waals surface area (Å²) >= 11 is 5.93. The van der Waals surface area contributed by atoms with Crippen molar-refractivity contribution in [3.8, 4) is 0 Å². The minimum absolute atomic E-state index is 0.630. The minimum atomic E-state index is 0.630. The van der Waals surface area contributed by atoms with E-state index in [1.165, 1.54) is 0 Å². The molecule has 1 N–H and O–H groups in total. The van der Waals surface area contributed by atoms with E-state index in [1.807, 2.05) is 25.6 Å². The lowest BCUT2D eigenvalue weighted by Gasteiger charge is -2.02. The van der Waals surface area contributed by atoms with Crippen LogP contribution in [0.1, 0.15) is 11.5 Å². The normalized spacial score (nSPS) is 10.7. The van der Waals surface area contributed by atoms with Crippen LogP contribution in [-0.4, -0.2) is 23.1 Å². The number of halogens is 1. The maximum absolute atomic E-state index is 5.93. The molecule has 0 bridgehead atoms. The molecule has 1 aromatic rings. The molecule has 3 nitrogen and oxygen atoms in total. The monoisotopic (exact) mass is 187 g/mol. The van der Waals surface area contributed by atoms with E-state index in [0.29, 0.717) is 5.15 Å². The van der Waals surface area contributed by atoms with E-state index in [2.05, 4.69) is 10.3 Å². The van der Waals surface area contributed by atoms with Gasteiger partial charge >= 0.3 is 0 Å². The molecule has 0 saturated heterocycles. The van der Waals surface area contributed by atoms with Crippen molar-refractivity contribution in [1.82, 2.24) is 14.9 Å². The standard InChI is InChI=1S/C8H14ClN3/c1-6-11-8(9)7(12(6)3)4-5-10-2/h10H,4-5H2,1-3H3. The van der Waals surface area contributed by atoms with Gasteiger partial charge in [-0.1, -0.05) is 11.6 Å². The quantitative estimate of drug-likeness (QED) is 0.770. The zero-order valence-corrected chi connectivity index (χ0v) is 8.44. The molecule has 0 saturated carbocycles. The summed E-state index contributed by atoms with van der Waals surface area (Å²) in [6.45, 7) is 2.88.